The van der Waals surface area contributed by atoms with E-state index in [0.717, 1.165) is 24.0 Å². The second kappa shape index (κ2) is 8.09. The smallest absolute Gasteiger partial charge is 0.243 e. The number of piperazine rings is 1. The van der Waals surface area contributed by atoms with E-state index in [1.165, 1.54) is 23.6 Å². The van der Waals surface area contributed by atoms with Crippen LogP contribution in [-0.2, 0) is 14.8 Å². The molecule has 1 aromatic rings. The minimum absolute atomic E-state index is 0.195. The maximum atomic E-state index is 13.0. The number of sulfonamides is 1. The minimum atomic E-state index is -3.50. The molecule has 1 aliphatic heterocycles. The lowest BCUT2D eigenvalue weighted by atomic mass is 9.86. The molecule has 1 aromatic carbocycles. The molecule has 6 heteroatoms. The van der Waals surface area contributed by atoms with Gasteiger partial charge in [-0.05, 0) is 49.8 Å². The van der Waals surface area contributed by atoms with Crippen LogP contribution >= 0.6 is 0 Å². The van der Waals surface area contributed by atoms with Gasteiger partial charge in [0.2, 0.25) is 15.9 Å². The third kappa shape index (κ3) is 4.29. The Morgan fingerprint density at radius 3 is 2.35 bits per heavy atom. The molecule has 1 aliphatic carbocycles. The summed E-state index contributed by atoms with van der Waals surface area (Å²) in [7, 11) is -3.50. The van der Waals surface area contributed by atoms with E-state index in [1.807, 2.05) is 30.9 Å². The topological polar surface area (TPSA) is 57.7 Å². The van der Waals surface area contributed by atoms with E-state index in [1.54, 1.807) is 6.07 Å². The third-order valence-electron chi connectivity index (χ3n) is 5.74. The van der Waals surface area contributed by atoms with Gasteiger partial charge in [-0.1, -0.05) is 31.4 Å². The van der Waals surface area contributed by atoms with Gasteiger partial charge < -0.3 is 4.90 Å². The van der Waals surface area contributed by atoms with E-state index < -0.39 is 10.0 Å². The van der Waals surface area contributed by atoms with Crippen molar-refractivity contribution in [3.8, 4) is 0 Å². The van der Waals surface area contributed by atoms with Crippen molar-refractivity contribution in [2.24, 2.45) is 5.92 Å². The van der Waals surface area contributed by atoms with Crippen LogP contribution < -0.4 is 0 Å². The van der Waals surface area contributed by atoms with Gasteiger partial charge in [0.25, 0.3) is 0 Å². The molecule has 1 amide bonds. The van der Waals surface area contributed by atoms with Crippen LogP contribution in [0.25, 0.3) is 0 Å². The zero-order valence-corrected chi connectivity index (χ0v) is 16.7. The average Bonchev–Trinajstić information content (AvgIpc) is 2.64. The Bertz CT molecular complexity index is 746. The van der Waals surface area contributed by atoms with Crippen molar-refractivity contribution in [1.82, 2.24) is 9.21 Å². The summed E-state index contributed by atoms with van der Waals surface area (Å²) in [5.41, 5.74) is 1.71. The lowest BCUT2D eigenvalue weighted by molar-refractivity contribution is -0.133. The van der Waals surface area contributed by atoms with Crippen molar-refractivity contribution in [2.75, 3.05) is 26.2 Å². The van der Waals surface area contributed by atoms with Crippen LogP contribution in [0.3, 0.4) is 0 Å². The predicted octanol–water partition coefficient (Wildman–Crippen LogP) is 3.11. The Morgan fingerprint density at radius 1 is 1.04 bits per heavy atom. The van der Waals surface area contributed by atoms with Crippen molar-refractivity contribution in [3.63, 3.8) is 0 Å². The first-order valence-electron chi connectivity index (χ1n) is 9.73. The van der Waals surface area contributed by atoms with Crippen LogP contribution in [0, 0.1) is 19.8 Å². The van der Waals surface area contributed by atoms with Gasteiger partial charge in [-0.3, -0.25) is 4.79 Å². The number of aryl methyl sites for hydroxylation is 2. The highest BCUT2D eigenvalue weighted by molar-refractivity contribution is 7.89. The van der Waals surface area contributed by atoms with E-state index in [2.05, 4.69) is 0 Å². The summed E-state index contributed by atoms with van der Waals surface area (Å²) in [6.07, 6.45) is 6.71. The average molecular weight is 379 g/mol. The third-order valence-corrected chi connectivity index (χ3v) is 7.78. The molecule has 0 atom stereocenters. The number of carbonyl (C=O) groups excluding carboxylic acids is 1. The van der Waals surface area contributed by atoms with Crippen LogP contribution in [0.15, 0.2) is 23.1 Å². The van der Waals surface area contributed by atoms with Crippen LogP contribution in [0.1, 0.15) is 49.7 Å². The first-order chi connectivity index (χ1) is 12.4. The molecule has 0 unspecified atom stereocenters. The summed E-state index contributed by atoms with van der Waals surface area (Å²) in [6.45, 7) is 5.49. The first kappa shape index (κ1) is 19.4. The van der Waals surface area contributed by atoms with Crippen LogP contribution in [0.4, 0.5) is 0 Å². The van der Waals surface area contributed by atoms with E-state index in [0.29, 0.717) is 43.4 Å². The molecule has 5 nitrogen and oxygen atoms in total. The van der Waals surface area contributed by atoms with Crippen molar-refractivity contribution in [2.45, 2.75) is 57.3 Å². The summed E-state index contributed by atoms with van der Waals surface area (Å²) in [5.74, 6) is 0.716. The Hall–Kier alpha value is -1.40. The van der Waals surface area contributed by atoms with Gasteiger partial charge in [0.15, 0.2) is 0 Å². The van der Waals surface area contributed by atoms with E-state index in [-0.39, 0.29) is 5.91 Å². The van der Waals surface area contributed by atoms with Gasteiger partial charge in [-0.2, -0.15) is 4.31 Å². The number of carbonyl (C=O) groups is 1. The van der Waals surface area contributed by atoms with Crippen LogP contribution in [0.2, 0.25) is 0 Å². The summed E-state index contributed by atoms with van der Waals surface area (Å²) in [6, 6.07) is 5.52. The van der Waals surface area contributed by atoms with Crippen molar-refractivity contribution < 1.29 is 13.2 Å². The predicted molar refractivity (Wildman–Crippen MR) is 102 cm³/mol. The normalized spacial score (nSPS) is 20.3. The van der Waals surface area contributed by atoms with E-state index in [9.17, 15) is 13.2 Å². The monoisotopic (exact) mass is 378 g/mol. The van der Waals surface area contributed by atoms with Gasteiger partial charge in [-0.15, -0.1) is 0 Å². The second-order valence-electron chi connectivity index (χ2n) is 7.76. The Kier molecular flexibility index (Phi) is 6.03. The number of rotatable bonds is 4. The molecular weight excluding hydrogens is 348 g/mol. The van der Waals surface area contributed by atoms with Crippen molar-refractivity contribution in [3.05, 3.63) is 29.3 Å². The SMILES string of the molecule is Cc1ccc(C)c(S(=O)(=O)N2CCN(C(=O)CC3CCCCC3)CC2)c1. The quantitative estimate of drug-likeness (QED) is 0.809. The lowest BCUT2D eigenvalue weighted by Crippen LogP contribution is -2.50. The van der Waals surface area contributed by atoms with Crippen LogP contribution in [-0.4, -0.2) is 49.7 Å². The second-order valence-corrected chi connectivity index (χ2v) is 9.67. The van der Waals surface area contributed by atoms with Gasteiger partial charge in [0.05, 0.1) is 4.90 Å². The highest BCUT2D eigenvalue weighted by Crippen LogP contribution is 2.27. The Morgan fingerprint density at radius 2 is 1.69 bits per heavy atom. The molecule has 2 fully saturated rings. The standard InChI is InChI=1S/C20H30N2O3S/c1-16-8-9-17(2)19(14-16)26(24,25)22-12-10-21(11-13-22)20(23)15-18-6-4-3-5-7-18/h8-9,14,18H,3-7,10-13,15H2,1-2H3. The van der Waals surface area contributed by atoms with Crippen LogP contribution in [0.5, 0.6) is 0 Å². The summed E-state index contributed by atoms with van der Waals surface area (Å²) >= 11 is 0. The van der Waals surface area contributed by atoms with Crippen molar-refractivity contribution >= 4 is 15.9 Å². The molecule has 0 spiro atoms. The summed E-state index contributed by atoms with van der Waals surface area (Å²) < 4.78 is 27.5. The molecule has 26 heavy (non-hydrogen) atoms. The Labute approximate surface area is 157 Å². The fourth-order valence-corrected chi connectivity index (χ4v) is 5.80. The number of hydrogen-bond acceptors (Lipinski definition) is 3. The van der Waals surface area contributed by atoms with Crippen molar-refractivity contribution in [1.29, 1.82) is 0 Å². The summed E-state index contributed by atoms with van der Waals surface area (Å²) in [4.78, 5) is 14.8. The fourth-order valence-electron chi connectivity index (χ4n) is 4.07. The number of amides is 1. The molecule has 144 valence electrons. The van der Waals surface area contributed by atoms with Gasteiger partial charge >= 0.3 is 0 Å². The van der Waals surface area contributed by atoms with Gasteiger partial charge in [-0.25, -0.2) is 8.42 Å². The maximum Gasteiger partial charge on any atom is 0.243 e. The molecule has 0 aromatic heterocycles. The maximum absolute atomic E-state index is 13.0. The van der Waals surface area contributed by atoms with Gasteiger partial charge in [0, 0.05) is 32.6 Å². The largest absolute Gasteiger partial charge is 0.340 e. The van der Waals surface area contributed by atoms with E-state index in [4.69, 9.17) is 0 Å². The number of nitrogens with zero attached hydrogens (tertiary/aromatic N) is 2. The summed E-state index contributed by atoms with van der Waals surface area (Å²) in [5, 5.41) is 0. The highest BCUT2D eigenvalue weighted by atomic mass is 32.2. The number of hydrogen-bond donors (Lipinski definition) is 0. The molecule has 3 rings (SSSR count). The molecule has 0 N–H and O–H groups in total. The first-order valence-corrected chi connectivity index (χ1v) is 11.2. The zero-order valence-electron chi connectivity index (χ0n) is 15.9. The van der Waals surface area contributed by atoms with E-state index >= 15 is 0 Å². The Balaban J connectivity index is 1.60. The molecule has 2 aliphatic rings. The number of benzene rings is 1. The highest BCUT2D eigenvalue weighted by Gasteiger charge is 2.31. The molecule has 1 saturated carbocycles. The molecular formula is C20H30N2O3S. The lowest BCUT2D eigenvalue weighted by Gasteiger charge is -2.35. The molecule has 0 radical (unpaired) electrons. The fraction of sp³-hybridized carbons (Fsp3) is 0.650. The zero-order chi connectivity index (χ0) is 18.7. The molecule has 1 saturated heterocycles. The minimum Gasteiger partial charge on any atom is -0.340 e. The molecule has 0 bridgehead atoms. The molecule has 1 heterocycles. The van der Waals surface area contributed by atoms with Gasteiger partial charge in [0.1, 0.15) is 0 Å².